The topological polar surface area (TPSA) is 40.5 Å². The first kappa shape index (κ1) is 9.39. The average Bonchev–Trinajstić information content (AvgIpc) is 2.97. The Morgan fingerprint density at radius 3 is 2.94 bits per heavy atom. The van der Waals surface area contributed by atoms with E-state index in [-0.39, 0.29) is 5.78 Å². The smallest absolute Gasteiger partial charge is 0.256 e. The minimum Gasteiger partial charge on any atom is -0.338 e. The van der Waals surface area contributed by atoms with Crippen molar-refractivity contribution in [1.82, 2.24) is 4.57 Å². The molecule has 1 spiro atoms. The third-order valence-electron chi connectivity index (χ3n) is 3.45. The van der Waals surface area contributed by atoms with Gasteiger partial charge in [0.2, 0.25) is 5.78 Å². The predicted octanol–water partition coefficient (Wildman–Crippen LogP) is -0.598. The lowest BCUT2D eigenvalue weighted by Gasteiger charge is -2.22. The second kappa shape index (κ2) is 2.97. The zero-order valence-corrected chi connectivity index (χ0v) is 9.18. The number of nitrogens with zero attached hydrogens (tertiary/aromatic N) is 1. The quantitative estimate of drug-likeness (QED) is 0.596. The van der Waals surface area contributed by atoms with Gasteiger partial charge in [-0.1, -0.05) is 6.08 Å². The van der Waals surface area contributed by atoms with Crippen molar-refractivity contribution >= 4 is 24.0 Å². The van der Waals surface area contributed by atoms with Crippen LogP contribution in [0.4, 0.5) is 0 Å². The van der Waals surface area contributed by atoms with Crippen LogP contribution in [0.3, 0.4) is 0 Å². The maximum Gasteiger partial charge on any atom is 0.256 e. The highest BCUT2D eigenvalue weighted by Crippen LogP contribution is 2.24. The largest absolute Gasteiger partial charge is 0.338 e. The third kappa shape index (κ3) is 1.11. The van der Waals surface area contributed by atoms with Gasteiger partial charge in [-0.3, -0.25) is 4.79 Å². The number of carbonyl (C=O) groups is 1. The number of hydrogen-bond donors (Lipinski definition) is 0. The van der Waals surface area contributed by atoms with Gasteiger partial charge in [0.1, 0.15) is 0 Å². The molecule has 4 nitrogen and oxygen atoms in total. The molecule has 4 rings (SSSR count). The Morgan fingerprint density at radius 2 is 2.12 bits per heavy atom. The van der Waals surface area contributed by atoms with Crippen LogP contribution in [0.25, 0.3) is 18.2 Å². The molecule has 3 heterocycles. The van der Waals surface area contributed by atoms with Crippen molar-refractivity contribution in [1.29, 1.82) is 0 Å². The van der Waals surface area contributed by atoms with E-state index in [9.17, 15) is 4.79 Å². The van der Waals surface area contributed by atoms with Gasteiger partial charge in [0.15, 0.2) is 0 Å². The van der Waals surface area contributed by atoms with Crippen molar-refractivity contribution < 1.29 is 14.3 Å². The van der Waals surface area contributed by atoms with Gasteiger partial charge in [-0.05, 0) is 18.2 Å². The highest BCUT2D eigenvalue weighted by molar-refractivity contribution is 6.15. The van der Waals surface area contributed by atoms with Crippen LogP contribution in [0, 0.1) is 0 Å². The van der Waals surface area contributed by atoms with Crippen LogP contribution in [0.2, 0.25) is 0 Å². The standard InChI is InChI=1S/C13H11NO3/c15-12-7-9-6-10-2-1-3-14(10)11(9)8-13(12)16-4-5-17-13/h1-2,6-8H,3-5H2. The minimum atomic E-state index is -1.16. The highest BCUT2D eigenvalue weighted by atomic mass is 16.7. The second-order valence-electron chi connectivity index (χ2n) is 4.44. The number of fused-ring (bicyclic) bond motifs is 3. The van der Waals surface area contributed by atoms with Crippen LogP contribution < -0.4 is 10.6 Å². The molecular formula is C13H11NO3. The molecule has 1 saturated heterocycles. The van der Waals surface area contributed by atoms with Crippen LogP contribution in [0.1, 0.15) is 5.69 Å². The first-order valence-electron chi connectivity index (χ1n) is 5.72. The molecule has 1 fully saturated rings. The Bertz CT molecular complexity index is 660. The van der Waals surface area contributed by atoms with Gasteiger partial charge in [-0.25, -0.2) is 0 Å². The number of Topliss-reactive ketones (excluding diaryl/α,β-unsaturated/α-hetero) is 1. The molecule has 1 aromatic rings. The summed E-state index contributed by atoms with van der Waals surface area (Å²) >= 11 is 0. The number of aromatic nitrogens is 1. The Kier molecular flexibility index (Phi) is 1.64. The van der Waals surface area contributed by atoms with Gasteiger partial charge in [0.05, 0.1) is 18.6 Å². The third-order valence-corrected chi connectivity index (χ3v) is 3.45. The maximum absolute atomic E-state index is 12.0. The van der Waals surface area contributed by atoms with E-state index in [1.165, 1.54) is 0 Å². The van der Waals surface area contributed by atoms with Gasteiger partial charge in [-0.15, -0.1) is 0 Å². The van der Waals surface area contributed by atoms with E-state index in [1.807, 2.05) is 12.1 Å². The van der Waals surface area contributed by atoms with Gasteiger partial charge in [0.25, 0.3) is 5.79 Å². The summed E-state index contributed by atoms with van der Waals surface area (Å²) in [6.45, 7) is 1.79. The van der Waals surface area contributed by atoms with Crippen molar-refractivity contribution in [3.8, 4) is 0 Å². The monoisotopic (exact) mass is 229 g/mol. The summed E-state index contributed by atoms with van der Waals surface area (Å²) in [7, 11) is 0. The molecule has 86 valence electrons. The molecule has 0 saturated carbocycles. The van der Waals surface area contributed by atoms with Crippen molar-refractivity contribution in [2.45, 2.75) is 12.3 Å². The summed E-state index contributed by atoms with van der Waals surface area (Å²) in [4.78, 5) is 12.0. The fraction of sp³-hybridized carbons (Fsp3) is 0.308. The summed E-state index contributed by atoms with van der Waals surface area (Å²) < 4.78 is 13.1. The molecule has 1 aromatic heterocycles. The van der Waals surface area contributed by atoms with Crippen LogP contribution >= 0.6 is 0 Å². The van der Waals surface area contributed by atoms with E-state index >= 15 is 0 Å². The lowest BCUT2D eigenvalue weighted by atomic mass is 10.1. The van der Waals surface area contributed by atoms with Crippen molar-refractivity contribution in [2.24, 2.45) is 0 Å². The Labute approximate surface area is 97.4 Å². The van der Waals surface area contributed by atoms with Crippen molar-refractivity contribution in [2.75, 3.05) is 13.2 Å². The molecule has 0 aromatic carbocycles. The molecule has 3 aliphatic rings. The average molecular weight is 229 g/mol. The van der Waals surface area contributed by atoms with E-state index in [0.717, 1.165) is 22.8 Å². The molecule has 4 heteroatoms. The van der Waals surface area contributed by atoms with E-state index in [2.05, 4.69) is 16.7 Å². The minimum absolute atomic E-state index is 0.115. The Hall–Kier alpha value is -1.65. The van der Waals surface area contributed by atoms with Crippen LogP contribution in [0.15, 0.2) is 12.1 Å². The van der Waals surface area contributed by atoms with Gasteiger partial charge in [0, 0.05) is 23.5 Å². The molecule has 0 radical (unpaired) electrons. The van der Waals surface area contributed by atoms with E-state index in [1.54, 1.807) is 6.08 Å². The number of allylic oxidation sites excluding steroid dienone is 1. The molecule has 0 N–H and O–H groups in total. The molecule has 17 heavy (non-hydrogen) atoms. The Balaban J connectivity index is 2.03. The fourth-order valence-electron chi connectivity index (χ4n) is 2.65. The van der Waals surface area contributed by atoms with Crippen molar-refractivity contribution in [3.63, 3.8) is 0 Å². The summed E-state index contributed by atoms with van der Waals surface area (Å²) in [6, 6.07) is 2.02. The van der Waals surface area contributed by atoms with Crippen molar-refractivity contribution in [3.05, 3.63) is 28.4 Å². The summed E-state index contributed by atoms with van der Waals surface area (Å²) in [5, 5.41) is 1.98. The van der Waals surface area contributed by atoms with Crippen LogP contribution in [0.5, 0.6) is 0 Å². The summed E-state index contributed by atoms with van der Waals surface area (Å²) in [6.07, 6.45) is 7.60. The van der Waals surface area contributed by atoms with Crippen LogP contribution in [-0.2, 0) is 20.8 Å². The van der Waals surface area contributed by atoms with Gasteiger partial charge in [-0.2, -0.15) is 0 Å². The maximum atomic E-state index is 12.0. The summed E-state index contributed by atoms with van der Waals surface area (Å²) in [5.74, 6) is -1.28. The lowest BCUT2D eigenvalue weighted by molar-refractivity contribution is -0.152. The lowest BCUT2D eigenvalue weighted by Crippen LogP contribution is -2.46. The zero-order valence-electron chi connectivity index (χ0n) is 9.18. The summed E-state index contributed by atoms with van der Waals surface area (Å²) in [5.41, 5.74) is 1.13. The number of rotatable bonds is 0. The molecule has 0 atom stereocenters. The molecule has 2 aliphatic heterocycles. The molecule has 0 bridgehead atoms. The Morgan fingerprint density at radius 1 is 1.29 bits per heavy atom. The SMILES string of the molecule is O=C1C=c2cc3n(c2=CC12OCCO2)CC=C3. The zero-order chi connectivity index (χ0) is 11.5. The fourth-order valence-corrected chi connectivity index (χ4v) is 2.65. The number of ketones is 1. The van der Waals surface area contributed by atoms with E-state index in [0.29, 0.717) is 13.2 Å². The normalized spacial score (nSPS) is 23.4. The number of ether oxygens (including phenoxy) is 2. The highest BCUT2D eigenvalue weighted by Gasteiger charge is 2.42. The van der Waals surface area contributed by atoms with E-state index < -0.39 is 5.79 Å². The molecule has 0 unspecified atom stereocenters. The predicted molar refractivity (Wildman–Crippen MR) is 61.3 cm³/mol. The molecule has 1 aliphatic carbocycles. The number of carbonyl (C=O) groups excluding carboxylic acids is 1. The first-order valence-corrected chi connectivity index (χ1v) is 5.72. The first-order chi connectivity index (χ1) is 8.28. The van der Waals surface area contributed by atoms with Crippen LogP contribution in [-0.4, -0.2) is 29.4 Å². The molecular weight excluding hydrogens is 218 g/mol. The van der Waals surface area contributed by atoms with E-state index in [4.69, 9.17) is 9.47 Å². The van der Waals surface area contributed by atoms with Gasteiger partial charge < -0.3 is 14.0 Å². The number of hydrogen-bond acceptors (Lipinski definition) is 3. The molecule has 0 amide bonds. The second-order valence-corrected chi connectivity index (χ2v) is 4.44. The van der Waals surface area contributed by atoms with Gasteiger partial charge >= 0.3 is 0 Å².